The van der Waals surface area contributed by atoms with Gasteiger partial charge in [-0.3, -0.25) is 8.86 Å². The number of hydrogen-bond donors (Lipinski definition) is 0. The van der Waals surface area contributed by atoms with Gasteiger partial charge in [-0.25, -0.2) is 0 Å². The van der Waals surface area contributed by atoms with Crippen molar-refractivity contribution in [3.63, 3.8) is 0 Å². The third kappa shape index (κ3) is 3.91. The first-order chi connectivity index (χ1) is 9.49. The van der Waals surface area contributed by atoms with Crippen LogP contribution < -0.4 is 0 Å². The van der Waals surface area contributed by atoms with Crippen LogP contribution in [-0.2, 0) is 33.9 Å². The molecule has 5 nitrogen and oxygen atoms in total. The van der Waals surface area contributed by atoms with Gasteiger partial charge in [-0.1, -0.05) is 37.3 Å². The minimum absolute atomic E-state index is 0.0385. The molecule has 0 bridgehead atoms. The second-order valence-corrected chi connectivity index (χ2v) is 6.22. The third-order valence-corrected chi connectivity index (χ3v) is 3.52. The number of benzene rings is 1. The van der Waals surface area contributed by atoms with Crippen molar-refractivity contribution >= 4 is 10.1 Å². The Balaban J connectivity index is 2.17. The van der Waals surface area contributed by atoms with Crippen LogP contribution in [0, 0.1) is 0 Å². The fourth-order valence-electron chi connectivity index (χ4n) is 2.04. The average Bonchev–Trinajstić information content (AvgIpc) is 2.79. The van der Waals surface area contributed by atoms with Gasteiger partial charge in [0.25, 0.3) is 10.1 Å². The molecule has 1 aromatic carbocycles. The van der Waals surface area contributed by atoms with E-state index in [1.54, 1.807) is 6.20 Å². The van der Waals surface area contributed by atoms with Gasteiger partial charge in [0.15, 0.2) is 0 Å². The molecular formula is C14H18N2O3S. The summed E-state index contributed by atoms with van der Waals surface area (Å²) in [6, 6.07) is 10.0. The minimum Gasteiger partial charge on any atom is -0.265 e. The molecule has 2 aromatic rings. The van der Waals surface area contributed by atoms with Crippen molar-refractivity contribution in [2.45, 2.75) is 26.5 Å². The highest BCUT2D eigenvalue weighted by atomic mass is 32.2. The van der Waals surface area contributed by atoms with Crippen molar-refractivity contribution in [3.05, 3.63) is 53.3 Å². The summed E-state index contributed by atoms with van der Waals surface area (Å²) >= 11 is 0. The van der Waals surface area contributed by atoms with Crippen molar-refractivity contribution in [2.24, 2.45) is 0 Å². The SMILES string of the molecule is CCc1c(COS(C)(=O)=O)cnn1Cc1ccccc1. The van der Waals surface area contributed by atoms with Crippen molar-refractivity contribution < 1.29 is 12.6 Å². The van der Waals surface area contributed by atoms with E-state index in [1.165, 1.54) is 0 Å². The van der Waals surface area contributed by atoms with E-state index in [-0.39, 0.29) is 6.61 Å². The van der Waals surface area contributed by atoms with Gasteiger partial charge in [0.05, 0.1) is 25.6 Å². The average molecular weight is 294 g/mol. The van der Waals surface area contributed by atoms with E-state index < -0.39 is 10.1 Å². The largest absolute Gasteiger partial charge is 0.265 e. The summed E-state index contributed by atoms with van der Waals surface area (Å²) in [4.78, 5) is 0. The van der Waals surface area contributed by atoms with Crippen LogP contribution in [0.15, 0.2) is 36.5 Å². The molecule has 0 amide bonds. The summed E-state index contributed by atoms with van der Waals surface area (Å²) < 4.78 is 28.8. The lowest BCUT2D eigenvalue weighted by Gasteiger charge is -2.08. The Morgan fingerprint density at radius 1 is 1.25 bits per heavy atom. The predicted molar refractivity (Wildman–Crippen MR) is 76.8 cm³/mol. The summed E-state index contributed by atoms with van der Waals surface area (Å²) in [6.07, 6.45) is 3.50. The van der Waals surface area contributed by atoms with Crippen LogP contribution in [0.4, 0.5) is 0 Å². The Bertz CT molecular complexity index is 663. The van der Waals surface area contributed by atoms with Crippen molar-refractivity contribution in [3.8, 4) is 0 Å². The third-order valence-electron chi connectivity index (χ3n) is 2.97. The lowest BCUT2D eigenvalue weighted by molar-refractivity contribution is 0.310. The second kappa shape index (κ2) is 6.19. The summed E-state index contributed by atoms with van der Waals surface area (Å²) in [7, 11) is -3.43. The Morgan fingerprint density at radius 3 is 2.55 bits per heavy atom. The van der Waals surface area contributed by atoms with Crippen molar-refractivity contribution in [1.82, 2.24) is 9.78 Å². The fourth-order valence-corrected chi connectivity index (χ4v) is 2.38. The van der Waals surface area contributed by atoms with E-state index >= 15 is 0 Å². The first kappa shape index (κ1) is 14.7. The Morgan fingerprint density at radius 2 is 1.95 bits per heavy atom. The lowest BCUT2D eigenvalue weighted by Crippen LogP contribution is -2.08. The molecule has 1 heterocycles. The molecular weight excluding hydrogens is 276 g/mol. The van der Waals surface area contributed by atoms with E-state index in [1.807, 2.05) is 41.9 Å². The van der Waals surface area contributed by atoms with Crippen LogP contribution in [0.1, 0.15) is 23.7 Å². The van der Waals surface area contributed by atoms with E-state index in [0.29, 0.717) is 6.54 Å². The normalized spacial score (nSPS) is 11.7. The van der Waals surface area contributed by atoms with E-state index in [9.17, 15) is 8.42 Å². The molecule has 0 saturated heterocycles. The van der Waals surface area contributed by atoms with Gasteiger partial charge in [-0.2, -0.15) is 13.5 Å². The van der Waals surface area contributed by atoms with Crippen molar-refractivity contribution in [1.29, 1.82) is 0 Å². The zero-order valence-corrected chi connectivity index (χ0v) is 12.4. The smallest absolute Gasteiger partial charge is 0.264 e. The van der Waals surface area contributed by atoms with Gasteiger partial charge < -0.3 is 0 Å². The standard InChI is InChI=1S/C14H18N2O3S/c1-3-14-13(11-19-20(2,17)18)9-15-16(14)10-12-7-5-4-6-8-12/h4-9H,3,10-11H2,1-2H3. The molecule has 0 aliphatic rings. The maximum absolute atomic E-state index is 11.1. The van der Waals surface area contributed by atoms with Crippen LogP contribution >= 0.6 is 0 Å². The highest BCUT2D eigenvalue weighted by Crippen LogP contribution is 2.14. The molecule has 0 aliphatic carbocycles. The first-order valence-corrected chi connectivity index (χ1v) is 8.23. The number of rotatable bonds is 6. The summed E-state index contributed by atoms with van der Waals surface area (Å²) in [5.74, 6) is 0. The molecule has 2 rings (SSSR count). The fraction of sp³-hybridized carbons (Fsp3) is 0.357. The highest BCUT2D eigenvalue weighted by Gasteiger charge is 2.12. The zero-order valence-electron chi connectivity index (χ0n) is 11.6. The lowest BCUT2D eigenvalue weighted by atomic mass is 10.2. The van der Waals surface area contributed by atoms with Gasteiger partial charge in [0, 0.05) is 11.3 Å². The van der Waals surface area contributed by atoms with Crippen LogP contribution in [0.25, 0.3) is 0 Å². The quantitative estimate of drug-likeness (QED) is 0.764. The molecule has 0 unspecified atom stereocenters. The monoisotopic (exact) mass is 294 g/mol. The first-order valence-electron chi connectivity index (χ1n) is 6.41. The number of hydrogen-bond acceptors (Lipinski definition) is 4. The van der Waals surface area contributed by atoms with Gasteiger partial charge >= 0.3 is 0 Å². The van der Waals surface area contributed by atoms with Gasteiger partial charge in [-0.15, -0.1) is 0 Å². The van der Waals surface area contributed by atoms with E-state index in [0.717, 1.165) is 29.5 Å². The van der Waals surface area contributed by atoms with Crippen LogP contribution in [-0.4, -0.2) is 24.5 Å². The number of aromatic nitrogens is 2. The molecule has 108 valence electrons. The molecule has 6 heteroatoms. The summed E-state index contributed by atoms with van der Waals surface area (Å²) in [6.45, 7) is 2.72. The van der Waals surface area contributed by atoms with Crippen LogP contribution in [0.3, 0.4) is 0 Å². The molecule has 0 saturated carbocycles. The topological polar surface area (TPSA) is 61.2 Å². The van der Waals surface area contributed by atoms with Gasteiger partial charge in [0.2, 0.25) is 0 Å². The van der Waals surface area contributed by atoms with Crippen molar-refractivity contribution in [2.75, 3.05) is 6.26 Å². The van der Waals surface area contributed by atoms with E-state index in [4.69, 9.17) is 4.18 Å². The van der Waals surface area contributed by atoms with Gasteiger partial charge in [0.1, 0.15) is 0 Å². The Hall–Kier alpha value is -1.66. The second-order valence-electron chi connectivity index (χ2n) is 4.58. The zero-order chi connectivity index (χ0) is 14.6. The number of nitrogens with zero attached hydrogens (tertiary/aromatic N) is 2. The van der Waals surface area contributed by atoms with E-state index in [2.05, 4.69) is 5.10 Å². The summed E-state index contributed by atoms with van der Waals surface area (Å²) in [5, 5.41) is 4.32. The van der Waals surface area contributed by atoms with Crippen LogP contribution in [0.5, 0.6) is 0 Å². The molecule has 0 spiro atoms. The highest BCUT2D eigenvalue weighted by molar-refractivity contribution is 7.85. The maximum Gasteiger partial charge on any atom is 0.264 e. The molecule has 0 N–H and O–H groups in total. The molecule has 0 radical (unpaired) electrons. The van der Waals surface area contributed by atoms with Crippen LogP contribution in [0.2, 0.25) is 0 Å². The molecule has 0 atom stereocenters. The van der Waals surface area contributed by atoms with Gasteiger partial charge in [-0.05, 0) is 12.0 Å². The Kier molecular flexibility index (Phi) is 4.57. The summed E-state index contributed by atoms with van der Waals surface area (Å²) in [5.41, 5.74) is 2.97. The molecule has 0 aliphatic heterocycles. The molecule has 1 aromatic heterocycles. The molecule has 20 heavy (non-hydrogen) atoms. The maximum atomic E-state index is 11.1. The predicted octanol–water partition coefficient (Wildman–Crippen LogP) is 1.97. The molecule has 0 fully saturated rings. The minimum atomic E-state index is -3.43. The Labute approximate surface area is 119 Å².